The predicted octanol–water partition coefficient (Wildman–Crippen LogP) is 3.45. The first kappa shape index (κ1) is 18.7. The van der Waals surface area contributed by atoms with Crippen LogP contribution in [0.5, 0.6) is 0 Å². The number of piperidine rings is 1. The highest BCUT2D eigenvalue weighted by atomic mass is 16.4. The maximum absolute atomic E-state index is 12.8. The zero-order valence-electron chi connectivity index (χ0n) is 16.6. The van der Waals surface area contributed by atoms with Crippen LogP contribution in [0.2, 0.25) is 0 Å². The Bertz CT molecular complexity index is 771. The van der Waals surface area contributed by atoms with E-state index in [1.54, 1.807) is 11.0 Å². The Labute approximate surface area is 155 Å². The van der Waals surface area contributed by atoms with E-state index in [2.05, 4.69) is 16.9 Å². The molecule has 0 aliphatic carbocycles. The van der Waals surface area contributed by atoms with E-state index in [4.69, 9.17) is 4.42 Å². The average molecular weight is 358 g/mol. The van der Waals surface area contributed by atoms with Crippen molar-refractivity contribution in [3.63, 3.8) is 0 Å². The molecule has 0 spiro atoms. The number of rotatable bonds is 5. The van der Waals surface area contributed by atoms with Crippen molar-refractivity contribution in [3.05, 3.63) is 40.6 Å². The first-order chi connectivity index (χ1) is 12.4. The summed E-state index contributed by atoms with van der Waals surface area (Å²) in [7, 11) is 3.74. The molecule has 6 heteroatoms. The number of amides is 1. The largest absolute Gasteiger partial charge is 0.454 e. The molecule has 1 fully saturated rings. The average Bonchev–Trinajstić information content (AvgIpc) is 3.22. The first-order valence-electron chi connectivity index (χ1n) is 9.46. The number of hydrogen-bond donors (Lipinski definition) is 0. The van der Waals surface area contributed by atoms with Crippen molar-refractivity contribution >= 4 is 5.91 Å². The summed E-state index contributed by atoms with van der Waals surface area (Å²) in [5.74, 6) is 1.19. The Balaban J connectivity index is 1.69. The molecular formula is C20H30N4O2. The fourth-order valence-corrected chi connectivity index (χ4v) is 3.72. The topological polar surface area (TPSA) is 54.5 Å². The molecule has 0 N–H and O–H groups in total. The molecule has 142 valence electrons. The molecule has 0 saturated carbocycles. The third-order valence-electron chi connectivity index (χ3n) is 5.59. The van der Waals surface area contributed by atoms with Gasteiger partial charge in [0.15, 0.2) is 5.76 Å². The zero-order chi connectivity index (χ0) is 18.8. The number of aromatic nitrogens is 2. The predicted molar refractivity (Wildman–Crippen MR) is 101 cm³/mol. The molecule has 1 amide bonds. The Hall–Kier alpha value is -2.08. The van der Waals surface area contributed by atoms with Gasteiger partial charge in [-0.1, -0.05) is 6.42 Å². The van der Waals surface area contributed by atoms with Crippen molar-refractivity contribution in [3.8, 4) is 0 Å². The van der Waals surface area contributed by atoms with Gasteiger partial charge in [0.1, 0.15) is 5.76 Å². The number of carbonyl (C=O) groups excluding carboxylic acids is 1. The van der Waals surface area contributed by atoms with Crippen LogP contribution in [0.25, 0.3) is 0 Å². The number of nitrogens with zero attached hydrogens (tertiary/aromatic N) is 4. The lowest BCUT2D eigenvalue weighted by Crippen LogP contribution is -2.32. The van der Waals surface area contributed by atoms with Crippen molar-refractivity contribution in [1.82, 2.24) is 19.6 Å². The second-order valence-corrected chi connectivity index (χ2v) is 7.41. The van der Waals surface area contributed by atoms with Gasteiger partial charge in [-0.15, -0.1) is 0 Å². The van der Waals surface area contributed by atoms with E-state index in [1.165, 1.54) is 19.3 Å². The van der Waals surface area contributed by atoms with E-state index >= 15 is 0 Å². The van der Waals surface area contributed by atoms with Gasteiger partial charge < -0.3 is 9.32 Å². The van der Waals surface area contributed by atoms with Crippen molar-refractivity contribution in [2.24, 2.45) is 7.05 Å². The summed E-state index contributed by atoms with van der Waals surface area (Å²) in [6.45, 7) is 8.90. The summed E-state index contributed by atoms with van der Waals surface area (Å²) in [5, 5.41) is 4.42. The molecular weight excluding hydrogens is 328 g/mol. The molecule has 0 aromatic carbocycles. The fourth-order valence-electron chi connectivity index (χ4n) is 3.72. The van der Waals surface area contributed by atoms with Gasteiger partial charge in [0.05, 0.1) is 11.7 Å². The molecule has 2 aromatic heterocycles. The molecule has 1 atom stereocenters. The summed E-state index contributed by atoms with van der Waals surface area (Å²) in [6, 6.07) is 3.96. The highest BCUT2D eigenvalue weighted by Crippen LogP contribution is 2.26. The fraction of sp³-hybridized carbons (Fsp3) is 0.600. The van der Waals surface area contributed by atoms with Gasteiger partial charge in [-0.25, -0.2) is 0 Å². The molecule has 1 aliphatic rings. The number of likely N-dealkylation sites (tertiary alicyclic amines) is 1. The molecule has 2 aromatic rings. The van der Waals surface area contributed by atoms with Crippen LogP contribution < -0.4 is 0 Å². The molecule has 0 radical (unpaired) electrons. The Morgan fingerprint density at radius 3 is 2.58 bits per heavy atom. The van der Waals surface area contributed by atoms with Crippen molar-refractivity contribution in [2.45, 2.75) is 52.6 Å². The van der Waals surface area contributed by atoms with Crippen molar-refractivity contribution in [2.75, 3.05) is 20.1 Å². The lowest BCUT2D eigenvalue weighted by molar-refractivity contribution is 0.0745. The molecule has 1 saturated heterocycles. The lowest BCUT2D eigenvalue weighted by Gasteiger charge is -2.31. The Morgan fingerprint density at radius 2 is 1.96 bits per heavy atom. The highest BCUT2D eigenvalue weighted by Gasteiger charge is 2.24. The molecule has 6 nitrogen and oxygen atoms in total. The lowest BCUT2D eigenvalue weighted by atomic mass is 10.1. The molecule has 3 rings (SSSR count). The Morgan fingerprint density at radius 1 is 1.27 bits per heavy atom. The van der Waals surface area contributed by atoms with Crippen molar-refractivity contribution < 1.29 is 9.21 Å². The van der Waals surface area contributed by atoms with Gasteiger partial charge in [-0.3, -0.25) is 14.4 Å². The summed E-state index contributed by atoms with van der Waals surface area (Å²) < 4.78 is 7.79. The van der Waals surface area contributed by atoms with Crippen LogP contribution in [0.3, 0.4) is 0 Å². The Kier molecular flexibility index (Phi) is 5.51. The highest BCUT2D eigenvalue weighted by molar-refractivity contribution is 5.91. The maximum Gasteiger partial charge on any atom is 0.289 e. The number of furan rings is 1. The van der Waals surface area contributed by atoms with E-state index in [0.717, 1.165) is 35.8 Å². The van der Waals surface area contributed by atoms with E-state index in [9.17, 15) is 4.79 Å². The van der Waals surface area contributed by atoms with Crippen molar-refractivity contribution in [1.29, 1.82) is 0 Å². The number of carbonyl (C=O) groups is 1. The quantitative estimate of drug-likeness (QED) is 0.821. The third kappa shape index (κ3) is 3.70. The number of aryl methyl sites for hydroxylation is 2. The normalized spacial score (nSPS) is 16.7. The van der Waals surface area contributed by atoms with E-state index in [1.807, 2.05) is 38.7 Å². The van der Waals surface area contributed by atoms with Gasteiger partial charge >= 0.3 is 0 Å². The van der Waals surface area contributed by atoms with Crippen LogP contribution in [-0.2, 0) is 13.6 Å². The zero-order valence-corrected chi connectivity index (χ0v) is 16.6. The summed E-state index contributed by atoms with van der Waals surface area (Å²) >= 11 is 0. The van der Waals surface area contributed by atoms with Crippen LogP contribution in [0, 0.1) is 13.8 Å². The summed E-state index contributed by atoms with van der Waals surface area (Å²) in [4.78, 5) is 16.9. The minimum atomic E-state index is -0.0928. The standard InChI is InChI=1S/C20H30N4O2/c1-14-17(15(2)23(5)21-14)13-22(4)20(25)19-10-9-18(26-19)16(3)24-11-7-6-8-12-24/h9-10,16H,6-8,11-13H2,1-5H3/t16-/m1/s1. The van der Waals surface area contributed by atoms with Gasteiger partial charge in [0, 0.05) is 31.9 Å². The van der Waals surface area contributed by atoms with Crippen LogP contribution in [0.15, 0.2) is 16.5 Å². The minimum absolute atomic E-state index is 0.0928. The monoisotopic (exact) mass is 358 g/mol. The van der Waals surface area contributed by atoms with Crippen LogP contribution in [-0.4, -0.2) is 45.6 Å². The second-order valence-electron chi connectivity index (χ2n) is 7.41. The van der Waals surface area contributed by atoms with Gasteiger partial charge in [0.25, 0.3) is 5.91 Å². The van der Waals surface area contributed by atoms with Crippen LogP contribution in [0.4, 0.5) is 0 Å². The van der Waals surface area contributed by atoms with E-state index in [0.29, 0.717) is 12.3 Å². The summed E-state index contributed by atoms with van der Waals surface area (Å²) in [5.41, 5.74) is 3.14. The second kappa shape index (κ2) is 7.66. The van der Waals surface area contributed by atoms with Crippen LogP contribution >= 0.6 is 0 Å². The molecule has 1 aliphatic heterocycles. The van der Waals surface area contributed by atoms with E-state index in [-0.39, 0.29) is 11.9 Å². The van der Waals surface area contributed by atoms with E-state index < -0.39 is 0 Å². The van der Waals surface area contributed by atoms with Gasteiger partial charge in [-0.2, -0.15) is 5.10 Å². The summed E-state index contributed by atoms with van der Waals surface area (Å²) in [6.07, 6.45) is 3.79. The van der Waals surface area contributed by atoms with Gasteiger partial charge in [0.2, 0.25) is 0 Å². The van der Waals surface area contributed by atoms with Gasteiger partial charge in [-0.05, 0) is 58.8 Å². The molecule has 3 heterocycles. The SMILES string of the molecule is Cc1nn(C)c(C)c1CN(C)C(=O)c1ccc([C@@H](C)N2CCCCC2)o1. The number of hydrogen-bond acceptors (Lipinski definition) is 4. The minimum Gasteiger partial charge on any atom is -0.454 e. The molecule has 26 heavy (non-hydrogen) atoms. The molecule has 0 bridgehead atoms. The van der Waals surface area contributed by atoms with Crippen LogP contribution in [0.1, 0.15) is 65.5 Å². The molecule has 0 unspecified atom stereocenters. The third-order valence-corrected chi connectivity index (χ3v) is 5.59. The smallest absolute Gasteiger partial charge is 0.289 e. The maximum atomic E-state index is 12.8. The first-order valence-corrected chi connectivity index (χ1v) is 9.46.